The van der Waals surface area contributed by atoms with Gasteiger partial charge in [-0.1, -0.05) is 18.2 Å². The lowest BCUT2D eigenvalue weighted by molar-refractivity contribution is 0.503. The molecule has 2 aromatic rings. The van der Waals surface area contributed by atoms with Crippen LogP contribution in [0.5, 0.6) is 0 Å². The van der Waals surface area contributed by atoms with E-state index in [1.807, 2.05) is 17.5 Å². The maximum atomic E-state index is 13.8. The summed E-state index contributed by atoms with van der Waals surface area (Å²) in [5, 5.41) is 6.66. The van der Waals surface area contributed by atoms with Gasteiger partial charge in [0.2, 0.25) is 0 Å². The van der Waals surface area contributed by atoms with E-state index in [9.17, 15) is 4.39 Å². The van der Waals surface area contributed by atoms with Gasteiger partial charge in [-0.25, -0.2) is 4.39 Å². The van der Waals surface area contributed by atoms with Gasteiger partial charge in [0, 0.05) is 36.6 Å². The highest BCUT2D eigenvalue weighted by Gasteiger charge is 2.20. The highest BCUT2D eigenvalue weighted by atomic mass is 32.1. The Bertz CT molecular complexity index is 567. The number of piperazine rings is 1. The highest BCUT2D eigenvalue weighted by molar-refractivity contribution is 7.14. The van der Waals surface area contributed by atoms with Gasteiger partial charge in [-0.2, -0.15) is 0 Å². The molecule has 0 bridgehead atoms. The number of benzene rings is 1. The lowest BCUT2D eigenvalue weighted by Gasteiger charge is -2.34. The molecule has 1 aromatic carbocycles. The van der Waals surface area contributed by atoms with E-state index in [0.717, 1.165) is 25.2 Å². The zero-order chi connectivity index (χ0) is 13.2. The van der Waals surface area contributed by atoms with Gasteiger partial charge >= 0.3 is 0 Å². The van der Waals surface area contributed by atoms with Crippen LogP contribution < -0.4 is 10.2 Å². The second-order valence-electron chi connectivity index (χ2n) is 4.90. The molecule has 1 aliphatic rings. The average Bonchev–Trinajstić information content (AvgIpc) is 2.89. The fourth-order valence-electron chi connectivity index (χ4n) is 2.48. The lowest BCUT2D eigenvalue weighted by atomic mass is 10.1. The smallest absolute Gasteiger partial charge is 0.131 e. The summed E-state index contributed by atoms with van der Waals surface area (Å²) >= 11 is 1.69. The Morgan fingerprint density at radius 1 is 1.37 bits per heavy atom. The van der Waals surface area contributed by atoms with E-state index in [0.29, 0.717) is 11.6 Å². The predicted octanol–water partition coefficient (Wildman–Crippen LogP) is 3.35. The van der Waals surface area contributed by atoms with Crippen molar-refractivity contribution in [3.05, 3.63) is 41.5 Å². The van der Waals surface area contributed by atoms with E-state index in [1.165, 1.54) is 11.1 Å². The van der Waals surface area contributed by atoms with Crippen molar-refractivity contribution in [2.75, 3.05) is 24.5 Å². The van der Waals surface area contributed by atoms with E-state index in [1.54, 1.807) is 17.4 Å². The normalized spacial score (nSPS) is 19.7. The van der Waals surface area contributed by atoms with Gasteiger partial charge < -0.3 is 10.2 Å². The zero-order valence-corrected chi connectivity index (χ0v) is 11.7. The molecule has 0 aliphatic carbocycles. The molecule has 1 unspecified atom stereocenters. The van der Waals surface area contributed by atoms with Crippen LogP contribution in [0.1, 0.15) is 6.92 Å². The number of anilines is 1. The molecule has 1 fully saturated rings. The number of hydrogen-bond donors (Lipinski definition) is 1. The van der Waals surface area contributed by atoms with Gasteiger partial charge in [0.25, 0.3) is 0 Å². The Balaban J connectivity index is 1.89. The third kappa shape index (κ3) is 2.51. The minimum absolute atomic E-state index is 0.153. The van der Waals surface area contributed by atoms with Crippen LogP contribution in [0.3, 0.4) is 0 Å². The molecule has 2 heterocycles. The molecule has 0 saturated carbocycles. The van der Waals surface area contributed by atoms with Crippen LogP contribution in [0.4, 0.5) is 9.39 Å². The molecule has 0 spiro atoms. The van der Waals surface area contributed by atoms with Gasteiger partial charge in [-0.15, -0.1) is 11.3 Å². The number of nitrogens with one attached hydrogen (secondary N) is 1. The van der Waals surface area contributed by atoms with E-state index < -0.39 is 0 Å². The molecule has 3 rings (SSSR count). The molecule has 2 nitrogen and oxygen atoms in total. The minimum Gasteiger partial charge on any atom is -0.358 e. The van der Waals surface area contributed by atoms with Crippen molar-refractivity contribution in [1.82, 2.24) is 5.32 Å². The van der Waals surface area contributed by atoms with Crippen LogP contribution in [0.15, 0.2) is 35.7 Å². The Morgan fingerprint density at radius 2 is 2.21 bits per heavy atom. The SMILES string of the molecule is CC1CNCCN1c1cc(-c2ccccc2F)cs1. The molecule has 0 radical (unpaired) electrons. The molecule has 1 aromatic heterocycles. The van der Waals surface area contributed by atoms with Gasteiger partial charge in [0.15, 0.2) is 0 Å². The summed E-state index contributed by atoms with van der Waals surface area (Å²) in [7, 11) is 0. The summed E-state index contributed by atoms with van der Waals surface area (Å²) in [5.74, 6) is -0.153. The van der Waals surface area contributed by atoms with Crippen molar-refractivity contribution >= 4 is 16.3 Å². The standard InChI is InChI=1S/C15H17FN2S/c1-11-9-17-6-7-18(11)15-8-12(10-19-15)13-4-2-3-5-14(13)16/h2-5,8,10-11,17H,6-7,9H2,1H3. The Labute approximate surface area is 116 Å². The quantitative estimate of drug-likeness (QED) is 0.905. The summed E-state index contributed by atoms with van der Waals surface area (Å²) in [6, 6.07) is 9.54. The van der Waals surface area contributed by atoms with Crippen LogP contribution >= 0.6 is 11.3 Å². The van der Waals surface area contributed by atoms with Crippen LogP contribution in [0.2, 0.25) is 0 Å². The Hall–Kier alpha value is -1.39. The van der Waals surface area contributed by atoms with Crippen LogP contribution in [0, 0.1) is 5.82 Å². The van der Waals surface area contributed by atoms with Gasteiger partial charge in [-0.3, -0.25) is 0 Å². The van der Waals surface area contributed by atoms with Gasteiger partial charge in [0.1, 0.15) is 5.82 Å². The summed E-state index contributed by atoms with van der Waals surface area (Å²) in [5.41, 5.74) is 1.66. The molecule has 0 amide bonds. The zero-order valence-electron chi connectivity index (χ0n) is 10.9. The maximum absolute atomic E-state index is 13.8. The lowest BCUT2D eigenvalue weighted by Crippen LogP contribution is -2.49. The monoisotopic (exact) mass is 276 g/mol. The first-order chi connectivity index (χ1) is 9.25. The summed E-state index contributed by atoms with van der Waals surface area (Å²) < 4.78 is 13.8. The molecule has 100 valence electrons. The third-order valence-corrected chi connectivity index (χ3v) is 4.52. The van der Waals surface area contributed by atoms with Crippen molar-refractivity contribution < 1.29 is 4.39 Å². The third-order valence-electron chi connectivity index (χ3n) is 3.55. The van der Waals surface area contributed by atoms with Crippen molar-refractivity contribution in [3.63, 3.8) is 0 Å². The molecule has 1 N–H and O–H groups in total. The fraction of sp³-hybridized carbons (Fsp3) is 0.333. The van der Waals surface area contributed by atoms with Crippen LogP contribution in [-0.4, -0.2) is 25.7 Å². The van der Waals surface area contributed by atoms with Gasteiger partial charge in [-0.05, 0) is 24.6 Å². The van der Waals surface area contributed by atoms with E-state index in [2.05, 4.69) is 23.2 Å². The largest absolute Gasteiger partial charge is 0.358 e. The topological polar surface area (TPSA) is 15.3 Å². The predicted molar refractivity (Wildman–Crippen MR) is 79.4 cm³/mol. The summed E-state index contributed by atoms with van der Waals surface area (Å²) in [6.45, 7) is 5.25. The number of thiophene rings is 1. The molecule has 1 atom stereocenters. The number of halogens is 1. The fourth-order valence-corrected chi connectivity index (χ4v) is 3.52. The van der Waals surface area contributed by atoms with E-state index in [4.69, 9.17) is 0 Å². The minimum atomic E-state index is -0.153. The first kappa shape index (κ1) is 12.6. The second-order valence-corrected chi connectivity index (χ2v) is 5.79. The average molecular weight is 276 g/mol. The van der Waals surface area contributed by atoms with E-state index in [-0.39, 0.29) is 5.82 Å². The first-order valence-corrected chi connectivity index (χ1v) is 7.44. The molecular weight excluding hydrogens is 259 g/mol. The Morgan fingerprint density at radius 3 is 3.00 bits per heavy atom. The molecule has 4 heteroatoms. The van der Waals surface area contributed by atoms with Crippen LogP contribution in [-0.2, 0) is 0 Å². The van der Waals surface area contributed by atoms with Crippen molar-refractivity contribution in [1.29, 1.82) is 0 Å². The maximum Gasteiger partial charge on any atom is 0.131 e. The summed E-state index contributed by atoms with van der Waals surface area (Å²) in [6.07, 6.45) is 0. The summed E-state index contributed by atoms with van der Waals surface area (Å²) in [4.78, 5) is 2.39. The van der Waals surface area contributed by atoms with Gasteiger partial charge in [0.05, 0.1) is 5.00 Å². The number of hydrogen-bond acceptors (Lipinski definition) is 3. The highest BCUT2D eigenvalue weighted by Crippen LogP contribution is 2.33. The second kappa shape index (κ2) is 5.31. The molecule has 19 heavy (non-hydrogen) atoms. The van der Waals surface area contributed by atoms with Crippen molar-refractivity contribution in [2.24, 2.45) is 0 Å². The van der Waals surface area contributed by atoms with Crippen LogP contribution in [0.25, 0.3) is 11.1 Å². The molecule has 1 saturated heterocycles. The van der Waals surface area contributed by atoms with Crippen molar-refractivity contribution in [2.45, 2.75) is 13.0 Å². The Kier molecular flexibility index (Phi) is 3.53. The number of rotatable bonds is 2. The number of nitrogens with zero attached hydrogens (tertiary/aromatic N) is 1. The molecule has 1 aliphatic heterocycles. The van der Waals surface area contributed by atoms with E-state index >= 15 is 0 Å². The molecular formula is C15H17FN2S. The first-order valence-electron chi connectivity index (χ1n) is 6.56. The van der Waals surface area contributed by atoms with Crippen molar-refractivity contribution in [3.8, 4) is 11.1 Å².